The molecule has 1 aromatic carbocycles. The molecule has 3 rings (SSSR count). The molecule has 0 bridgehead atoms. The molecule has 1 aliphatic rings. The monoisotopic (exact) mass is 325 g/mol. The zero-order valence-electron chi connectivity index (χ0n) is 13.3. The Labute approximate surface area is 140 Å². The minimum atomic E-state index is -0.488. The van der Waals surface area contributed by atoms with Gasteiger partial charge in [0.15, 0.2) is 0 Å². The van der Waals surface area contributed by atoms with Crippen LogP contribution in [0, 0.1) is 10.1 Å². The SMILES string of the molecule is O=[N+]([O-])c1cccnc1NN=Cc1ccc(N2CCCCC2)cc1. The van der Waals surface area contributed by atoms with Crippen LogP contribution in [0.25, 0.3) is 0 Å². The Morgan fingerprint density at radius 1 is 1.17 bits per heavy atom. The summed E-state index contributed by atoms with van der Waals surface area (Å²) in [6, 6.07) is 11.0. The number of piperidine rings is 1. The summed E-state index contributed by atoms with van der Waals surface area (Å²) in [7, 11) is 0. The van der Waals surface area contributed by atoms with Gasteiger partial charge in [-0.15, -0.1) is 0 Å². The number of pyridine rings is 1. The maximum Gasteiger partial charge on any atom is 0.313 e. The van der Waals surface area contributed by atoms with Crippen molar-refractivity contribution in [2.24, 2.45) is 5.10 Å². The van der Waals surface area contributed by atoms with Crippen molar-refractivity contribution in [1.82, 2.24) is 4.98 Å². The first kappa shape index (κ1) is 15.9. The van der Waals surface area contributed by atoms with Gasteiger partial charge in [-0.2, -0.15) is 5.10 Å². The van der Waals surface area contributed by atoms with Gasteiger partial charge in [-0.1, -0.05) is 12.1 Å². The van der Waals surface area contributed by atoms with E-state index in [1.807, 2.05) is 12.1 Å². The second-order valence-corrected chi connectivity index (χ2v) is 5.64. The lowest BCUT2D eigenvalue weighted by molar-refractivity contribution is -0.384. The molecule has 1 aliphatic heterocycles. The van der Waals surface area contributed by atoms with Crippen molar-refractivity contribution in [2.75, 3.05) is 23.4 Å². The highest BCUT2D eigenvalue weighted by Crippen LogP contribution is 2.21. The number of nitrogens with zero attached hydrogens (tertiary/aromatic N) is 4. The molecule has 1 saturated heterocycles. The Balaban J connectivity index is 1.64. The van der Waals surface area contributed by atoms with Crippen LogP contribution in [0.3, 0.4) is 0 Å². The van der Waals surface area contributed by atoms with Gasteiger partial charge in [-0.25, -0.2) is 4.98 Å². The molecular weight excluding hydrogens is 306 g/mol. The van der Waals surface area contributed by atoms with Crippen molar-refractivity contribution in [3.63, 3.8) is 0 Å². The number of nitro groups is 1. The molecule has 0 saturated carbocycles. The summed E-state index contributed by atoms with van der Waals surface area (Å²) in [6.45, 7) is 2.22. The minimum absolute atomic E-state index is 0.102. The number of hydrazone groups is 1. The van der Waals surface area contributed by atoms with Crippen LogP contribution in [0.5, 0.6) is 0 Å². The highest BCUT2D eigenvalue weighted by atomic mass is 16.6. The Morgan fingerprint density at radius 3 is 2.62 bits per heavy atom. The standard InChI is InChI=1S/C17H19N5O2/c23-22(24)16-5-4-10-18-17(16)20-19-13-14-6-8-15(9-7-14)21-11-2-1-3-12-21/h4-10,13H,1-3,11-12H2,(H,18,20). The Kier molecular flexibility index (Phi) is 5.00. The lowest BCUT2D eigenvalue weighted by Gasteiger charge is -2.28. The average molecular weight is 325 g/mol. The average Bonchev–Trinajstić information content (AvgIpc) is 2.63. The van der Waals surface area contributed by atoms with E-state index in [1.165, 1.54) is 43.3 Å². The predicted octanol–water partition coefficient (Wildman–Crippen LogP) is 3.43. The van der Waals surface area contributed by atoms with Crippen molar-refractivity contribution in [3.05, 3.63) is 58.3 Å². The van der Waals surface area contributed by atoms with Gasteiger partial charge in [0, 0.05) is 31.0 Å². The second kappa shape index (κ2) is 7.54. The highest BCUT2D eigenvalue weighted by molar-refractivity contribution is 5.81. The smallest absolute Gasteiger partial charge is 0.313 e. The first-order valence-corrected chi connectivity index (χ1v) is 7.97. The van der Waals surface area contributed by atoms with E-state index in [2.05, 4.69) is 32.5 Å². The van der Waals surface area contributed by atoms with Crippen LogP contribution in [-0.4, -0.2) is 29.2 Å². The molecule has 0 amide bonds. The van der Waals surface area contributed by atoms with Crippen LogP contribution in [0.15, 0.2) is 47.7 Å². The van der Waals surface area contributed by atoms with E-state index in [0.717, 1.165) is 18.7 Å². The van der Waals surface area contributed by atoms with Gasteiger partial charge in [0.1, 0.15) is 0 Å². The first-order valence-electron chi connectivity index (χ1n) is 7.97. The van der Waals surface area contributed by atoms with E-state index >= 15 is 0 Å². The molecule has 124 valence electrons. The van der Waals surface area contributed by atoms with E-state index in [1.54, 1.807) is 6.21 Å². The lowest BCUT2D eigenvalue weighted by Crippen LogP contribution is -2.29. The van der Waals surface area contributed by atoms with Gasteiger partial charge in [0.2, 0.25) is 5.82 Å². The minimum Gasteiger partial charge on any atom is -0.372 e. The fourth-order valence-corrected chi connectivity index (χ4v) is 2.72. The molecule has 2 heterocycles. The summed E-state index contributed by atoms with van der Waals surface area (Å²) >= 11 is 0. The third-order valence-corrected chi connectivity index (χ3v) is 3.98. The molecule has 0 unspecified atom stereocenters. The third-order valence-electron chi connectivity index (χ3n) is 3.98. The quantitative estimate of drug-likeness (QED) is 0.517. The normalized spacial score (nSPS) is 14.8. The van der Waals surface area contributed by atoms with Crippen LogP contribution in [0.1, 0.15) is 24.8 Å². The van der Waals surface area contributed by atoms with Crippen molar-refractivity contribution < 1.29 is 4.92 Å². The summed E-state index contributed by atoms with van der Waals surface area (Å²) in [5.41, 5.74) is 4.67. The van der Waals surface area contributed by atoms with Gasteiger partial charge in [-0.3, -0.25) is 15.5 Å². The number of nitrogens with one attached hydrogen (secondary N) is 1. The van der Waals surface area contributed by atoms with E-state index in [9.17, 15) is 10.1 Å². The van der Waals surface area contributed by atoms with Gasteiger partial charge >= 0.3 is 5.69 Å². The molecule has 7 nitrogen and oxygen atoms in total. The maximum absolute atomic E-state index is 10.9. The topological polar surface area (TPSA) is 83.7 Å². The van der Waals surface area contributed by atoms with Crippen LogP contribution >= 0.6 is 0 Å². The van der Waals surface area contributed by atoms with E-state index in [4.69, 9.17) is 0 Å². The molecule has 0 aliphatic carbocycles. The maximum atomic E-state index is 10.9. The zero-order chi connectivity index (χ0) is 16.8. The molecule has 1 aromatic heterocycles. The number of benzene rings is 1. The van der Waals surface area contributed by atoms with Gasteiger partial charge in [0.25, 0.3) is 0 Å². The summed E-state index contributed by atoms with van der Waals surface area (Å²) in [5, 5.41) is 15.0. The molecule has 24 heavy (non-hydrogen) atoms. The van der Waals surface area contributed by atoms with Crippen molar-refractivity contribution >= 4 is 23.4 Å². The Bertz CT molecular complexity index is 724. The summed E-state index contributed by atoms with van der Waals surface area (Å²) in [5.74, 6) is 0.128. The predicted molar refractivity (Wildman–Crippen MR) is 94.6 cm³/mol. The molecule has 0 atom stereocenters. The molecule has 1 fully saturated rings. The number of hydrogen-bond donors (Lipinski definition) is 1. The van der Waals surface area contributed by atoms with E-state index in [0.29, 0.717) is 0 Å². The van der Waals surface area contributed by atoms with E-state index in [-0.39, 0.29) is 11.5 Å². The highest BCUT2D eigenvalue weighted by Gasteiger charge is 2.13. The summed E-state index contributed by atoms with van der Waals surface area (Å²) in [6.07, 6.45) is 6.91. The first-order chi connectivity index (χ1) is 11.7. The second-order valence-electron chi connectivity index (χ2n) is 5.64. The van der Waals surface area contributed by atoms with Gasteiger partial charge in [-0.05, 0) is 43.0 Å². The largest absolute Gasteiger partial charge is 0.372 e. The Hall–Kier alpha value is -2.96. The van der Waals surface area contributed by atoms with Crippen molar-refractivity contribution in [2.45, 2.75) is 19.3 Å². The molecule has 0 spiro atoms. The third kappa shape index (κ3) is 3.87. The number of aromatic nitrogens is 1. The number of rotatable bonds is 5. The van der Waals surface area contributed by atoms with Crippen LogP contribution in [0.2, 0.25) is 0 Å². The van der Waals surface area contributed by atoms with Crippen LogP contribution < -0.4 is 10.3 Å². The zero-order valence-corrected chi connectivity index (χ0v) is 13.3. The molecule has 0 radical (unpaired) electrons. The molecular formula is C17H19N5O2. The lowest BCUT2D eigenvalue weighted by atomic mass is 10.1. The van der Waals surface area contributed by atoms with Gasteiger partial charge in [0.05, 0.1) is 11.1 Å². The number of hydrogen-bond acceptors (Lipinski definition) is 6. The molecule has 7 heteroatoms. The van der Waals surface area contributed by atoms with Gasteiger partial charge < -0.3 is 4.90 Å². The molecule has 1 N–H and O–H groups in total. The summed E-state index contributed by atoms with van der Waals surface area (Å²) in [4.78, 5) is 16.7. The van der Waals surface area contributed by atoms with Crippen molar-refractivity contribution in [3.8, 4) is 0 Å². The summed E-state index contributed by atoms with van der Waals surface area (Å²) < 4.78 is 0. The molecule has 2 aromatic rings. The Morgan fingerprint density at radius 2 is 1.92 bits per heavy atom. The fraction of sp³-hybridized carbons (Fsp3) is 0.294. The fourth-order valence-electron chi connectivity index (χ4n) is 2.72. The van der Waals surface area contributed by atoms with E-state index < -0.39 is 4.92 Å². The van der Waals surface area contributed by atoms with Crippen LogP contribution in [-0.2, 0) is 0 Å². The number of anilines is 2. The van der Waals surface area contributed by atoms with Crippen molar-refractivity contribution in [1.29, 1.82) is 0 Å². The van der Waals surface area contributed by atoms with Crippen LogP contribution in [0.4, 0.5) is 17.2 Å².